The maximum atomic E-state index is 14.5. The highest BCUT2D eigenvalue weighted by atomic mass is 35.5. The molecule has 0 saturated heterocycles. The molecular weight excluding hydrogens is 756 g/mol. The topological polar surface area (TPSA) is 157 Å². The minimum absolute atomic E-state index is 0.00464. The minimum atomic E-state index is -4.05. The van der Waals surface area contributed by atoms with E-state index >= 15 is 0 Å². The van der Waals surface area contributed by atoms with E-state index in [9.17, 15) is 40.7 Å². The lowest BCUT2D eigenvalue weighted by Gasteiger charge is -2.23. The number of nitrogens with zero attached hydrogens (tertiary/aromatic N) is 4. The number of anilines is 1. The lowest BCUT2D eigenvalue weighted by molar-refractivity contribution is 0.0176. The first-order valence-corrected chi connectivity index (χ1v) is 18.2. The van der Waals surface area contributed by atoms with Crippen molar-refractivity contribution in [2.75, 3.05) is 17.6 Å². The van der Waals surface area contributed by atoms with Crippen molar-refractivity contribution in [1.29, 1.82) is 0 Å². The third-order valence-corrected chi connectivity index (χ3v) is 10.2. The molecule has 282 valence electrons. The smallest absolute Gasteiger partial charge is 0.405 e. The van der Waals surface area contributed by atoms with Gasteiger partial charge in [-0.25, -0.2) is 35.8 Å². The van der Waals surface area contributed by atoms with Crippen LogP contribution in [0.15, 0.2) is 77.6 Å². The van der Waals surface area contributed by atoms with Crippen molar-refractivity contribution < 1.29 is 40.6 Å². The number of sulfonamides is 1. The van der Waals surface area contributed by atoms with Gasteiger partial charge in [0.15, 0.2) is 5.82 Å². The van der Waals surface area contributed by atoms with Crippen molar-refractivity contribution in [3.8, 4) is 11.4 Å². The minimum Gasteiger partial charge on any atom is -0.497 e. The number of benzene rings is 4. The largest absolute Gasteiger partial charge is 0.497 e. The molecule has 0 radical (unpaired) electrons. The third-order valence-electron chi connectivity index (χ3n) is 8.60. The van der Waals surface area contributed by atoms with Crippen LogP contribution in [0.3, 0.4) is 0 Å². The van der Waals surface area contributed by atoms with Gasteiger partial charge in [0.2, 0.25) is 10.0 Å². The van der Waals surface area contributed by atoms with Gasteiger partial charge in [-0.05, 0) is 66.1 Å². The fraction of sp³-hybridized carbons (Fsp3) is 0.222. The SMILES string of the molecule is COc1ccc(CCS(=O)(=O)Nc2nn(C)c3c(-n4c([C@H](Cc5cc(F)cc(F)c5)NC(=O)O)nc5cc(C(C)(F)F)ccc5c4=O)ccc(Cl)c23)cc1. The number of aryl methyl sites for hydroxylation is 2. The fourth-order valence-corrected chi connectivity index (χ4v) is 7.40. The molecule has 0 spiro atoms. The van der Waals surface area contributed by atoms with E-state index in [-0.39, 0.29) is 61.9 Å². The molecule has 2 heterocycles. The molecule has 1 amide bonds. The number of hydrogen-bond acceptors (Lipinski definition) is 7. The summed E-state index contributed by atoms with van der Waals surface area (Å²) in [4.78, 5) is 31.1. The van der Waals surface area contributed by atoms with E-state index in [2.05, 4.69) is 20.1 Å². The standard InChI is InChI=1S/C36H31ClF4N6O6S/c1-36(40,41)21-6-9-25-27(17-21)42-33(28(43-35(49)50)16-20-14-22(38)18-23(39)15-20)47(34(25)48)29-11-10-26(37)30-31(29)46(2)44-32(30)45-54(51,52)13-12-19-4-7-24(53-3)8-5-19/h4-11,14-15,17-18,28,43H,12-13,16H2,1-3H3,(H,44,45)(H,49,50)/t28-/m0/s1. The van der Waals surface area contributed by atoms with Gasteiger partial charge in [-0.15, -0.1) is 0 Å². The van der Waals surface area contributed by atoms with Crippen LogP contribution in [0.5, 0.6) is 5.75 Å². The number of amides is 1. The Morgan fingerprint density at radius 3 is 2.33 bits per heavy atom. The summed E-state index contributed by atoms with van der Waals surface area (Å²) >= 11 is 6.63. The van der Waals surface area contributed by atoms with Crippen molar-refractivity contribution >= 4 is 55.3 Å². The molecule has 1 atom stereocenters. The molecule has 3 N–H and O–H groups in total. The number of aromatic nitrogens is 4. The highest BCUT2D eigenvalue weighted by molar-refractivity contribution is 7.92. The van der Waals surface area contributed by atoms with Gasteiger partial charge in [-0.3, -0.25) is 18.8 Å². The first-order valence-electron chi connectivity index (χ1n) is 16.1. The Hall–Kier alpha value is -5.68. The normalized spacial score (nSPS) is 12.6. The molecule has 6 rings (SSSR count). The number of fused-ring (bicyclic) bond motifs is 2. The number of nitrogens with one attached hydrogen (secondary N) is 2. The zero-order chi connectivity index (χ0) is 39.1. The van der Waals surface area contributed by atoms with Crippen LogP contribution in [0.1, 0.15) is 35.5 Å². The molecule has 54 heavy (non-hydrogen) atoms. The molecule has 0 bridgehead atoms. The van der Waals surface area contributed by atoms with Crippen molar-refractivity contribution in [3.63, 3.8) is 0 Å². The molecular formula is C36H31ClF4N6O6S. The number of carboxylic acid groups (broad SMARTS) is 1. The van der Waals surface area contributed by atoms with Gasteiger partial charge >= 0.3 is 6.09 Å². The molecule has 0 aliphatic rings. The molecule has 0 unspecified atom stereocenters. The lowest BCUT2D eigenvalue weighted by Crippen LogP contribution is -2.35. The highest BCUT2D eigenvalue weighted by Gasteiger charge is 2.30. The Morgan fingerprint density at radius 1 is 1.02 bits per heavy atom. The van der Waals surface area contributed by atoms with E-state index in [0.29, 0.717) is 18.7 Å². The second-order valence-electron chi connectivity index (χ2n) is 12.5. The summed E-state index contributed by atoms with van der Waals surface area (Å²) in [7, 11) is -1.08. The summed E-state index contributed by atoms with van der Waals surface area (Å²) < 4.78 is 93.8. The molecule has 0 aliphatic heterocycles. The summed E-state index contributed by atoms with van der Waals surface area (Å²) in [5.41, 5.74) is -0.733. The van der Waals surface area contributed by atoms with Crippen molar-refractivity contribution in [2.45, 2.75) is 31.7 Å². The Bertz CT molecular complexity index is 2570. The lowest BCUT2D eigenvalue weighted by atomic mass is 10.0. The second kappa shape index (κ2) is 14.6. The first kappa shape index (κ1) is 38.1. The number of methoxy groups -OCH3 is 1. The molecule has 18 heteroatoms. The summed E-state index contributed by atoms with van der Waals surface area (Å²) in [6, 6.07) is 13.9. The van der Waals surface area contributed by atoms with Gasteiger partial charge in [-0.2, -0.15) is 5.10 Å². The van der Waals surface area contributed by atoms with Crippen LogP contribution in [0.4, 0.5) is 28.2 Å². The zero-order valence-corrected chi connectivity index (χ0v) is 30.3. The first-order chi connectivity index (χ1) is 25.4. The predicted octanol–water partition coefficient (Wildman–Crippen LogP) is 6.86. The Kier molecular flexibility index (Phi) is 10.3. The van der Waals surface area contributed by atoms with Gasteiger partial charge in [0.05, 0.1) is 51.4 Å². The monoisotopic (exact) mass is 786 g/mol. The maximum absolute atomic E-state index is 14.5. The average Bonchev–Trinajstić information content (AvgIpc) is 3.41. The number of hydrogen-bond donors (Lipinski definition) is 3. The molecule has 2 aromatic heterocycles. The van der Waals surface area contributed by atoms with Crippen LogP contribution in [-0.2, 0) is 35.8 Å². The summed E-state index contributed by atoms with van der Waals surface area (Å²) in [6.45, 7) is 0.654. The van der Waals surface area contributed by atoms with Gasteiger partial charge in [0, 0.05) is 32.0 Å². The second-order valence-corrected chi connectivity index (χ2v) is 14.7. The molecule has 0 saturated carbocycles. The summed E-state index contributed by atoms with van der Waals surface area (Å²) in [5.74, 6) is -5.50. The third kappa shape index (κ3) is 7.96. The number of carbonyl (C=O) groups is 1. The Balaban J connectivity index is 1.53. The highest BCUT2D eigenvalue weighted by Crippen LogP contribution is 2.36. The van der Waals surface area contributed by atoms with Gasteiger partial charge in [0.1, 0.15) is 23.2 Å². The Morgan fingerprint density at radius 2 is 1.70 bits per heavy atom. The molecule has 12 nitrogen and oxygen atoms in total. The van der Waals surface area contributed by atoms with Crippen LogP contribution < -0.4 is 20.3 Å². The molecule has 0 fully saturated rings. The summed E-state index contributed by atoms with van der Waals surface area (Å²) in [5, 5.41) is 16.4. The van der Waals surface area contributed by atoms with Crippen molar-refractivity contribution in [1.82, 2.24) is 24.6 Å². The maximum Gasteiger partial charge on any atom is 0.405 e. The van der Waals surface area contributed by atoms with Crippen LogP contribution >= 0.6 is 11.6 Å². The van der Waals surface area contributed by atoms with E-state index in [0.717, 1.165) is 40.5 Å². The van der Waals surface area contributed by atoms with E-state index in [1.807, 2.05) is 0 Å². The van der Waals surface area contributed by atoms with Gasteiger partial charge in [-0.1, -0.05) is 29.8 Å². The van der Waals surface area contributed by atoms with E-state index in [1.54, 1.807) is 24.3 Å². The number of rotatable bonds is 12. The fourth-order valence-electron chi connectivity index (χ4n) is 6.12. The number of ether oxygens (including phenoxy) is 1. The van der Waals surface area contributed by atoms with Crippen LogP contribution in [0, 0.1) is 11.6 Å². The van der Waals surface area contributed by atoms with E-state index in [1.165, 1.54) is 31.0 Å². The predicted molar refractivity (Wildman–Crippen MR) is 194 cm³/mol. The van der Waals surface area contributed by atoms with Crippen LogP contribution in [-0.4, -0.2) is 51.8 Å². The zero-order valence-electron chi connectivity index (χ0n) is 28.7. The van der Waals surface area contributed by atoms with Crippen LogP contribution in [0.2, 0.25) is 5.02 Å². The van der Waals surface area contributed by atoms with Gasteiger partial charge < -0.3 is 15.2 Å². The van der Waals surface area contributed by atoms with Crippen molar-refractivity contribution in [3.05, 3.63) is 122 Å². The molecule has 0 aliphatic carbocycles. The Labute approximate surface area is 310 Å². The number of alkyl halides is 2. The number of halogens is 5. The quantitative estimate of drug-likeness (QED) is 0.114. The van der Waals surface area contributed by atoms with Crippen LogP contribution in [0.25, 0.3) is 27.5 Å². The van der Waals surface area contributed by atoms with Crippen molar-refractivity contribution in [2.24, 2.45) is 7.05 Å². The van der Waals surface area contributed by atoms with E-state index in [4.69, 9.17) is 16.3 Å². The van der Waals surface area contributed by atoms with Gasteiger partial charge in [0.25, 0.3) is 11.5 Å². The average molecular weight is 787 g/mol. The molecule has 6 aromatic rings. The van der Waals surface area contributed by atoms with E-state index < -0.39 is 57.3 Å². The molecule has 4 aromatic carbocycles. The summed E-state index contributed by atoms with van der Waals surface area (Å²) in [6.07, 6.45) is -1.90.